The van der Waals surface area contributed by atoms with Crippen LogP contribution in [0.4, 0.5) is 0 Å². The molecule has 1 aliphatic carbocycles. The smallest absolute Gasteiger partial charge is 0.147 e. The minimum absolute atomic E-state index is 0. The van der Waals surface area contributed by atoms with E-state index in [-0.39, 0.29) is 30.2 Å². The van der Waals surface area contributed by atoms with Gasteiger partial charge in [0.05, 0.1) is 0 Å². The van der Waals surface area contributed by atoms with Crippen molar-refractivity contribution >= 4 is 30.4 Å². The van der Waals surface area contributed by atoms with Gasteiger partial charge in [0.15, 0.2) is 0 Å². The molecular weight excluding hydrogens is 370 g/mol. The standard InChI is InChI=1S/C16H20O.2ClH.Zr/c1-10-11(2)15(16(4,5)12(10)3)13-8-6-7-9-14(13)17;;;/h6-9,17H,1-5H3;2*1H;/q;;;+1/p-1. The molecule has 0 fully saturated rings. The van der Waals surface area contributed by atoms with Crippen molar-refractivity contribution in [3.05, 3.63) is 46.5 Å². The average Bonchev–Trinajstić information content (AvgIpc) is 2.50. The van der Waals surface area contributed by atoms with Crippen LogP contribution in [0.2, 0.25) is 0 Å². The number of hydrogen-bond acceptors (Lipinski definition) is 1. The average molecular weight is 391 g/mol. The molecule has 1 nitrogen and oxygen atoms in total. The molecule has 2 rings (SSSR count). The molecule has 0 saturated carbocycles. The van der Waals surface area contributed by atoms with Gasteiger partial charge in [-0.1, -0.05) is 0 Å². The van der Waals surface area contributed by atoms with E-state index < -0.39 is 0 Å². The summed E-state index contributed by atoms with van der Waals surface area (Å²) in [6.07, 6.45) is 0. The van der Waals surface area contributed by atoms with Crippen LogP contribution < -0.4 is 2.81 Å². The Morgan fingerprint density at radius 2 is 1.50 bits per heavy atom. The summed E-state index contributed by atoms with van der Waals surface area (Å²) in [5.41, 5.74) is 7.04. The van der Waals surface area contributed by atoms with Gasteiger partial charge >= 0.3 is 126 Å². The summed E-state index contributed by atoms with van der Waals surface area (Å²) in [7, 11) is 0. The van der Waals surface area contributed by atoms with E-state index in [1.165, 1.54) is 27.9 Å². The van der Waals surface area contributed by atoms with Crippen LogP contribution in [0.15, 0.2) is 41.0 Å². The molecule has 0 aromatic heterocycles. The zero-order valence-electron chi connectivity index (χ0n) is 12.5. The Bertz CT molecular complexity index is 559. The fraction of sp³-hybridized carbons (Fsp3) is 0.375. The van der Waals surface area contributed by atoms with Crippen molar-refractivity contribution < 1.29 is 28.0 Å². The van der Waals surface area contributed by atoms with Gasteiger partial charge in [0, 0.05) is 0 Å². The number of allylic oxidation sites excluding steroid dienone is 4. The Labute approximate surface area is 150 Å². The predicted octanol–water partition coefficient (Wildman–Crippen LogP) is 5.52. The minimum atomic E-state index is 0. The molecule has 1 aromatic rings. The zero-order valence-corrected chi connectivity index (χ0v) is 16.6. The van der Waals surface area contributed by atoms with Gasteiger partial charge in [0.2, 0.25) is 0 Å². The number of hydrogen-bond donors (Lipinski definition) is 0. The fourth-order valence-electron chi connectivity index (χ4n) is 2.89. The van der Waals surface area contributed by atoms with Crippen LogP contribution in [0.1, 0.15) is 40.2 Å². The van der Waals surface area contributed by atoms with Gasteiger partial charge in [0.25, 0.3) is 0 Å². The van der Waals surface area contributed by atoms with Gasteiger partial charge in [-0.05, 0) is 0 Å². The third kappa shape index (κ3) is 3.08. The van der Waals surface area contributed by atoms with Gasteiger partial charge in [-0.2, -0.15) is 0 Å². The third-order valence-corrected chi connectivity index (χ3v) is 4.87. The quantitative estimate of drug-likeness (QED) is 0.645. The summed E-state index contributed by atoms with van der Waals surface area (Å²) in [6, 6.07) is 8.36. The Kier molecular flexibility index (Phi) is 7.28. The van der Waals surface area contributed by atoms with E-state index in [1.807, 2.05) is 6.07 Å². The molecule has 1 aromatic carbocycles. The number of rotatable bonds is 2. The molecule has 0 bridgehead atoms. The van der Waals surface area contributed by atoms with Crippen molar-refractivity contribution in [1.29, 1.82) is 0 Å². The fourth-order valence-corrected chi connectivity index (χ4v) is 3.33. The van der Waals surface area contributed by atoms with Crippen LogP contribution >= 0.6 is 24.8 Å². The second-order valence-corrected chi connectivity index (χ2v) is 5.97. The summed E-state index contributed by atoms with van der Waals surface area (Å²) in [5, 5.41) is 0. The van der Waals surface area contributed by atoms with Crippen molar-refractivity contribution in [2.24, 2.45) is 5.41 Å². The first-order valence-electron chi connectivity index (χ1n) is 6.24. The second kappa shape index (κ2) is 7.29. The third-order valence-electron chi connectivity index (χ3n) is 4.33. The van der Waals surface area contributed by atoms with Crippen LogP contribution in [-0.2, 0) is 25.2 Å². The maximum absolute atomic E-state index is 5.61. The molecule has 0 atom stereocenters. The summed E-state index contributed by atoms with van der Waals surface area (Å²) in [5.74, 6) is 1.00. The summed E-state index contributed by atoms with van der Waals surface area (Å²) < 4.78 is 5.61. The SMILES string of the molecule is CC1=C(C)C(C)(C)C(c2ccccc2[O][Zr])=C1C.Cl.Cl. The van der Waals surface area contributed by atoms with Crippen molar-refractivity contribution in [3.8, 4) is 5.75 Å². The van der Waals surface area contributed by atoms with Crippen molar-refractivity contribution in [1.82, 2.24) is 0 Å². The maximum atomic E-state index is 5.61. The summed E-state index contributed by atoms with van der Waals surface area (Å²) in [4.78, 5) is 0. The molecule has 0 radical (unpaired) electrons. The monoisotopic (exact) mass is 389 g/mol. The number of para-hydroxylation sites is 1. The van der Waals surface area contributed by atoms with Crippen LogP contribution in [0.25, 0.3) is 5.57 Å². The van der Waals surface area contributed by atoms with Gasteiger partial charge in [-0.15, -0.1) is 24.8 Å². The van der Waals surface area contributed by atoms with E-state index in [1.54, 1.807) is 0 Å². The largest absolute Gasteiger partial charge is 0.147 e. The van der Waals surface area contributed by atoms with E-state index in [2.05, 4.69) is 52.8 Å². The molecule has 1 aliphatic rings. The molecule has 4 heteroatoms. The van der Waals surface area contributed by atoms with Crippen LogP contribution in [0, 0.1) is 5.41 Å². The van der Waals surface area contributed by atoms with E-state index in [9.17, 15) is 0 Å². The van der Waals surface area contributed by atoms with Gasteiger partial charge < -0.3 is 0 Å². The molecule has 0 N–H and O–H groups in total. The zero-order chi connectivity index (χ0) is 13.5. The predicted molar refractivity (Wildman–Crippen MR) is 86.3 cm³/mol. The van der Waals surface area contributed by atoms with Gasteiger partial charge in [-0.25, -0.2) is 0 Å². The van der Waals surface area contributed by atoms with E-state index in [0.29, 0.717) is 0 Å². The van der Waals surface area contributed by atoms with E-state index in [0.717, 1.165) is 30.9 Å². The van der Waals surface area contributed by atoms with Gasteiger partial charge in [-0.3, -0.25) is 0 Å². The van der Waals surface area contributed by atoms with Crippen molar-refractivity contribution in [2.75, 3.05) is 0 Å². The minimum Gasteiger partial charge on any atom is -0.147 e. The summed E-state index contributed by atoms with van der Waals surface area (Å²) >= 11 is 1.08. The topological polar surface area (TPSA) is 9.23 Å². The number of halogens is 2. The number of benzene rings is 1. The molecule has 0 aliphatic heterocycles. The van der Waals surface area contributed by atoms with Crippen LogP contribution in [0.3, 0.4) is 0 Å². The molecule has 20 heavy (non-hydrogen) atoms. The molecule has 109 valence electrons. The first kappa shape index (κ1) is 20.0. The molecule has 0 heterocycles. The molecular formula is C16H21Cl2OZr. The first-order chi connectivity index (χ1) is 8.41. The van der Waals surface area contributed by atoms with Crippen molar-refractivity contribution in [2.45, 2.75) is 34.6 Å². The van der Waals surface area contributed by atoms with Crippen LogP contribution in [0.5, 0.6) is 5.75 Å². The van der Waals surface area contributed by atoms with Gasteiger partial charge in [0.1, 0.15) is 0 Å². The molecule has 0 spiro atoms. The van der Waals surface area contributed by atoms with Crippen molar-refractivity contribution in [3.63, 3.8) is 0 Å². The Hall–Kier alpha value is -0.0369. The Morgan fingerprint density at radius 3 is 1.95 bits per heavy atom. The second-order valence-electron chi connectivity index (χ2n) is 5.47. The van der Waals surface area contributed by atoms with Crippen LogP contribution in [-0.4, -0.2) is 0 Å². The van der Waals surface area contributed by atoms with E-state index in [4.69, 9.17) is 2.81 Å². The summed E-state index contributed by atoms with van der Waals surface area (Å²) in [6.45, 7) is 11.3. The van der Waals surface area contributed by atoms with E-state index >= 15 is 0 Å². The Balaban J connectivity index is 0.00000180. The first-order valence-corrected chi connectivity index (χ1v) is 7.24. The maximum Gasteiger partial charge on any atom is -0.147 e. The normalized spacial score (nSPS) is 16.6. The molecule has 0 amide bonds. The Morgan fingerprint density at radius 1 is 0.950 bits per heavy atom. The molecule has 0 unspecified atom stereocenters. The molecule has 0 saturated heterocycles.